The number of H-pyrrole nitrogens is 1. The number of carbonyl (C=O) groups excluding carboxylic acids is 2. The monoisotopic (exact) mass is 427 g/mol. The van der Waals surface area contributed by atoms with Crippen LogP contribution in [0.15, 0.2) is 41.3 Å². The fourth-order valence-corrected chi connectivity index (χ4v) is 3.21. The van der Waals surface area contributed by atoms with Gasteiger partial charge in [-0.3, -0.25) is 24.0 Å². The number of nitrogens with one attached hydrogen (secondary N) is 2. The Labute approximate surface area is 177 Å². The molecule has 0 atom stereocenters. The zero-order chi connectivity index (χ0) is 22.8. The first-order valence-corrected chi connectivity index (χ1v) is 9.46. The number of halogens is 1. The van der Waals surface area contributed by atoms with Crippen molar-refractivity contribution in [3.63, 3.8) is 0 Å². The molecule has 0 fully saturated rings. The van der Waals surface area contributed by atoms with Crippen LogP contribution in [-0.2, 0) is 19.0 Å². The molecule has 10 heteroatoms. The molecule has 0 aliphatic rings. The highest BCUT2D eigenvalue weighted by atomic mass is 19.1. The maximum absolute atomic E-state index is 13.0. The third-order valence-electron chi connectivity index (χ3n) is 4.86. The molecule has 162 valence electrons. The third-order valence-corrected chi connectivity index (χ3v) is 4.86. The number of Topliss-reactive ketones (excluding diaryl/α,β-unsaturated/α-hetero) is 1. The summed E-state index contributed by atoms with van der Waals surface area (Å²) in [6.45, 7) is 3.47. The van der Waals surface area contributed by atoms with Gasteiger partial charge in [-0.25, -0.2) is 9.37 Å². The average molecular weight is 427 g/mol. The number of aromatic nitrogens is 4. The summed E-state index contributed by atoms with van der Waals surface area (Å²) in [5.74, 6) is -2.05. The lowest BCUT2D eigenvalue weighted by atomic mass is 9.85. The first-order chi connectivity index (χ1) is 14.6. The third kappa shape index (κ3) is 4.68. The molecule has 2 aromatic heterocycles. The molecule has 0 radical (unpaired) electrons. The molecule has 0 aliphatic carbocycles. The number of hydrogen-bond donors (Lipinski definition) is 3. The zero-order valence-corrected chi connectivity index (χ0v) is 17.3. The maximum atomic E-state index is 13.0. The number of nitrogens with zero attached hydrogens (tertiary/aromatic N) is 3. The van der Waals surface area contributed by atoms with E-state index in [1.54, 1.807) is 13.8 Å². The highest BCUT2D eigenvalue weighted by Crippen LogP contribution is 2.27. The molecule has 1 amide bonds. The summed E-state index contributed by atoms with van der Waals surface area (Å²) in [6, 6.07) is 7.06. The predicted octanol–water partition coefficient (Wildman–Crippen LogP) is 1.83. The van der Waals surface area contributed by atoms with E-state index in [1.165, 1.54) is 43.6 Å². The molecule has 0 saturated heterocycles. The minimum atomic E-state index is -0.935. The number of carbonyl (C=O) groups is 2. The van der Waals surface area contributed by atoms with Gasteiger partial charge in [0.05, 0.1) is 0 Å². The average Bonchev–Trinajstić information content (AvgIpc) is 3.26. The van der Waals surface area contributed by atoms with E-state index in [4.69, 9.17) is 0 Å². The molecule has 0 unspecified atom stereocenters. The molecule has 3 N–H and O–H groups in total. The van der Waals surface area contributed by atoms with Gasteiger partial charge in [-0.2, -0.15) is 5.10 Å². The number of benzene rings is 1. The Morgan fingerprint density at radius 3 is 2.52 bits per heavy atom. The van der Waals surface area contributed by atoms with Crippen LogP contribution < -0.4 is 10.9 Å². The van der Waals surface area contributed by atoms with Gasteiger partial charge in [0.1, 0.15) is 17.3 Å². The van der Waals surface area contributed by atoms with Crippen molar-refractivity contribution in [3.8, 4) is 5.75 Å². The maximum Gasteiger partial charge on any atom is 0.296 e. The van der Waals surface area contributed by atoms with Crippen LogP contribution in [0.3, 0.4) is 0 Å². The first-order valence-electron chi connectivity index (χ1n) is 9.46. The van der Waals surface area contributed by atoms with Gasteiger partial charge < -0.3 is 10.4 Å². The molecule has 3 aromatic rings. The summed E-state index contributed by atoms with van der Waals surface area (Å²) in [5.41, 5.74) is -1.24. The second-order valence-corrected chi connectivity index (χ2v) is 7.76. The Hall–Kier alpha value is -3.82. The Kier molecular flexibility index (Phi) is 6.00. The molecule has 0 saturated carbocycles. The first kappa shape index (κ1) is 21.9. The van der Waals surface area contributed by atoms with Gasteiger partial charge in [-0.15, -0.1) is 0 Å². The summed E-state index contributed by atoms with van der Waals surface area (Å²) in [7, 11) is 1.41. The number of ketones is 1. The molecule has 9 nitrogen and oxygen atoms in total. The van der Waals surface area contributed by atoms with E-state index in [0.717, 1.165) is 4.57 Å². The second-order valence-electron chi connectivity index (χ2n) is 7.76. The molecule has 3 rings (SSSR count). The van der Waals surface area contributed by atoms with E-state index < -0.39 is 34.1 Å². The van der Waals surface area contributed by atoms with Crippen LogP contribution >= 0.6 is 0 Å². The predicted molar refractivity (Wildman–Crippen MR) is 109 cm³/mol. The standard InChI is InChI=1S/C21H22FN5O4/c1-21(2,10-15(28)14-8-9-24-26-14)20-25-16(17(29)19(31)27(20)3)18(30)23-11-12-4-6-13(22)7-5-12/h4-9,29H,10-11H2,1-3H3,(H,23,30)(H,24,26). The number of amides is 1. The summed E-state index contributed by atoms with van der Waals surface area (Å²) in [4.78, 5) is 41.9. The highest BCUT2D eigenvalue weighted by Gasteiger charge is 2.32. The van der Waals surface area contributed by atoms with Gasteiger partial charge in [-0.05, 0) is 23.8 Å². The summed E-state index contributed by atoms with van der Waals surface area (Å²) in [6.07, 6.45) is 1.44. The van der Waals surface area contributed by atoms with Crippen molar-refractivity contribution in [2.24, 2.45) is 7.05 Å². The van der Waals surface area contributed by atoms with Crippen LogP contribution in [0.5, 0.6) is 5.75 Å². The van der Waals surface area contributed by atoms with Crippen LogP contribution in [0.2, 0.25) is 0 Å². The Morgan fingerprint density at radius 1 is 1.23 bits per heavy atom. The van der Waals surface area contributed by atoms with E-state index in [0.29, 0.717) is 11.3 Å². The minimum absolute atomic E-state index is 0.0170. The number of aromatic hydroxyl groups is 1. The van der Waals surface area contributed by atoms with Gasteiger partial charge in [0, 0.05) is 31.6 Å². The number of hydrogen-bond acceptors (Lipinski definition) is 6. The van der Waals surface area contributed by atoms with E-state index in [2.05, 4.69) is 20.5 Å². The van der Waals surface area contributed by atoms with E-state index in [-0.39, 0.29) is 24.6 Å². The normalized spacial score (nSPS) is 11.4. The van der Waals surface area contributed by atoms with Gasteiger partial charge in [0.25, 0.3) is 11.5 Å². The lowest BCUT2D eigenvalue weighted by Gasteiger charge is -2.25. The lowest BCUT2D eigenvalue weighted by molar-refractivity contribution is 0.0941. The van der Waals surface area contributed by atoms with Crippen molar-refractivity contribution >= 4 is 11.7 Å². The van der Waals surface area contributed by atoms with Crippen LogP contribution in [0, 0.1) is 5.82 Å². The van der Waals surface area contributed by atoms with Crippen LogP contribution in [-0.4, -0.2) is 36.5 Å². The molecule has 1 aromatic carbocycles. The van der Waals surface area contributed by atoms with Crippen molar-refractivity contribution in [1.82, 2.24) is 25.1 Å². The van der Waals surface area contributed by atoms with Gasteiger partial charge in [0.15, 0.2) is 11.5 Å². The Morgan fingerprint density at radius 2 is 1.90 bits per heavy atom. The van der Waals surface area contributed by atoms with Crippen molar-refractivity contribution in [2.45, 2.75) is 32.2 Å². The topological polar surface area (TPSA) is 130 Å². The number of rotatable bonds is 7. The molecular weight excluding hydrogens is 405 g/mol. The van der Waals surface area contributed by atoms with Gasteiger partial charge in [-0.1, -0.05) is 26.0 Å². The molecule has 0 spiro atoms. The summed E-state index contributed by atoms with van der Waals surface area (Å²) < 4.78 is 14.1. The summed E-state index contributed by atoms with van der Waals surface area (Å²) in [5, 5.41) is 19.1. The second kappa shape index (κ2) is 8.50. The summed E-state index contributed by atoms with van der Waals surface area (Å²) >= 11 is 0. The largest absolute Gasteiger partial charge is 0.501 e. The molecule has 0 bridgehead atoms. The smallest absolute Gasteiger partial charge is 0.296 e. The molecule has 0 aliphatic heterocycles. The van der Waals surface area contributed by atoms with E-state index in [1.807, 2.05) is 0 Å². The van der Waals surface area contributed by atoms with Crippen molar-refractivity contribution in [3.05, 3.63) is 75.5 Å². The van der Waals surface area contributed by atoms with Crippen LogP contribution in [0.1, 0.15) is 52.6 Å². The molecule has 2 heterocycles. The number of aromatic amines is 1. The van der Waals surface area contributed by atoms with Crippen molar-refractivity contribution < 1.29 is 19.1 Å². The quantitative estimate of drug-likeness (QED) is 0.493. The Balaban J connectivity index is 1.88. The van der Waals surface area contributed by atoms with E-state index in [9.17, 15) is 23.9 Å². The SMILES string of the molecule is Cn1c(C(C)(C)CC(=O)c2ccn[nH]2)nc(C(=O)NCc2ccc(F)cc2)c(O)c1=O. The van der Waals surface area contributed by atoms with Gasteiger partial charge in [0.2, 0.25) is 5.75 Å². The lowest BCUT2D eigenvalue weighted by Crippen LogP contribution is -2.36. The van der Waals surface area contributed by atoms with Crippen LogP contribution in [0.4, 0.5) is 4.39 Å². The van der Waals surface area contributed by atoms with Crippen molar-refractivity contribution in [1.29, 1.82) is 0 Å². The zero-order valence-electron chi connectivity index (χ0n) is 17.3. The fraction of sp³-hybridized carbons (Fsp3) is 0.286. The molecule has 31 heavy (non-hydrogen) atoms. The fourth-order valence-electron chi connectivity index (χ4n) is 3.21. The van der Waals surface area contributed by atoms with E-state index >= 15 is 0 Å². The molecular formula is C21H22FN5O4. The highest BCUT2D eigenvalue weighted by molar-refractivity contribution is 5.95. The van der Waals surface area contributed by atoms with Crippen LogP contribution in [0.25, 0.3) is 0 Å². The Bertz CT molecular complexity index is 1170. The minimum Gasteiger partial charge on any atom is -0.501 e. The van der Waals surface area contributed by atoms with Crippen molar-refractivity contribution in [2.75, 3.05) is 0 Å². The van der Waals surface area contributed by atoms with Gasteiger partial charge >= 0.3 is 0 Å².